The second-order valence-corrected chi connectivity index (χ2v) is 5.53. The zero-order valence-electron chi connectivity index (χ0n) is 12.9. The van der Waals surface area contributed by atoms with Crippen LogP contribution in [0.4, 0.5) is 0 Å². The van der Waals surface area contributed by atoms with Gasteiger partial charge in [0, 0.05) is 6.61 Å². The zero-order chi connectivity index (χ0) is 15.9. The summed E-state index contributed by atoms with van der Waals surface area (Å²) in [5, 5.41) is 0. The minimum atomic E-state index is -0.349. The maximum atomic E-state index is 12.2. The summed E-state index contributed by atoms with van der Waals surface area (Å²) in [6.45, 7) is 1.06. The van der Waals surface area contributed by atoms with Crippen LogP contribution in [0.3, 0.4) is 0 Å². The number of ether oxygens (including phenoxy) is 3. The van der Waals surface area contributed by atoms with Crippen LogP contribution in [-0.4, -0.2) is 25.3 Å². The van der Waals surface area contributed by atoms with Crippen molar-refractivity contribution in [3.8, 4) is 11.5 Å². The van der Waals surface area contributed by atoms with Gasteiger partial charge in [0.2, 0.25) is 0 Å². The molecule has 1 fully saturated rings. The molecule has 1 saturated heterocycles. The van der Waals surface area contributed by atoms with Crippen molar-refractivity contribution in [2.75, 3.05) is 13.2 Å². The van der Waals surface area contributed by atoms with Gasteiger partial charge in [0.15, 0.2) is 0 Å². The van der Waals surface area contributed by atoms with Crippen molar-refractivity contribution in [1.82, 2.24) is 0 Å². The Hall–Kier alpha value is -2.33. The summed E-state index contributed by atoms with van der Waals surface area (Å²) in [6.07, 6.45) is 3.19. The molecule has 1 heterocycles. The molecule has 0 unspecified atom stereocenters. The highest BCUT2D eigenvalue weighted by Gasteiger charge is 2.17. The summed E-state index contributed by atoms with van der Waals surface area (Å²) in [5.41, 5.74) is 0.481. The van der Waals surface area contributed by atoms with E-state index in [1.54, 1.807) is 18.2 Å². The van der Waals surface area contributed by atoms with Crippen LogP contribution in [0.1, 0.15) is 29.6 Å². The third kappa shape index (κ3) is 4.57. The van der Waals surface area contributed by atoms with Gasteiger partial charge in [-0.15, -0.1) is 0 Å². The van der Waals surface area contributed by atoms with E-state index in [0.717, 1.165) is 31.6 Å². The maximum Gasteiger partial charge on any atom is 0.338 e. The van der Waals surface area contributed by atoms with Crippen LogP contribution in [0.5, 0.6) is 11.5 Å². The van der Waals surface area contributed by atoms with Gasteiger partial charge in [-0.25, -0.2) is 4.79 Å². The normalized spacial score (nSPS) is 17.5. The lowest BCUT2D eigenvalue weighted by atomic mass is 10.1. The predicted molar refractivity (Wildman–Crippen MR) is 86.8 cm³/mol. The second kappa shape index (κ2) is 7.79. The first-order valence-corrected chi connectivity index (χ1v) is 7.93. The molecule has 4 nitrogen and oxygen atoms in total. The first kappa shape index (κ1) is 15.6. The van der Waals surface area contributed by atoms with Gasteiger partial charge < -0.3 is 14.2 Å². The fourth-order valence-electron chi connectivity index (χ4n) is 2.50. The number of esters is 1. The lowest BCUT2D eigenvalue weighted by Crippen LogP contribution is -2.25. The summed E-state index contributed by atoms with van der Waals surface area (Å²) >= 11 is 0. The maximum absolute atomic E-state index is 12.2. The third-order valence-corrected chi connectivity index (χ3v) is 3.72. The lowest BCUT2D eigenvalue weighted by molar-refractivity contribution is -0.0300. The van der Waals surface area contributed by atoms with E-state index in [9.17, 15) is 4.79 Å². The topological polar surface area (TPSA) is 44.8 Å². The number of para-hydroxylation sites is 1. The smallest absolute Gasteiger partial charge is 0.338 e. The van der Waals surface area contributed by atoms with Crippen LogP contribution in [0, 0.1) is 0 Å². The number of carbonyl (C=O) groups excluding carboxylic acids is 1. The molecule has 0 aliphatic carbocycles. The van der Waals surface area contributed by atoms with Gasteiger partial charge in [0.05, 0.1) is 11.7 Å². The molecule has 1 atom stereocenters. The van der Waals surface area contributed by atoms with Crippen molar-refractivity contribution in [1.29, 1.82) is 0 Å². The molecular weight excluding hydrogens is 292 g/mol. The predicted octanol–water partition coefficient (Wildman–Crippen LogP) is 4.20. The van der Waals surface area contributed by atoms with E-state index in [-0.39, 0.29) is 12.1 Å². The molecule has 23 heavy (non-hydrogen) atoms. The molecule has 1 aliphatic heterocycles. The van der Waals surface area contributed by atoms with Crippen LogP contribution in [-0.2, 0) is 9.47 Å². The van der Waals surface area contributed by atoms with Gasteiger partial charge in [0.1, 0.15) is 18.1 Å². The summed E-state index contributed by atoms with van der Waals surface area (Å²) < 4.78 is 16.6. The highest BCUT2D eigenvalue weighted by atomic mass is 16.6. The summed E-state index contributed by atoms with van der Waals surface area (Å²) in [4.78, 5) is 12.2. The van der Waals surface area contributed by atoms with Crippen LogP contribution in [0.2, 0.25) is 0 Å². The Morgan fingerprint density at radius 3 is 2.65 bits per heavy atom. The quantitative estimate of drug-likeness (QED) is 0.776. The summed E-state index contributed by atoms with van der Waals surface area (Å²) in [5.74, 6) is 0.992. The number of carbonyl (C=O) groups is 1. The molecule has 0 saturated carbocycles. The highest BCUT2D eigenvalue weighted by molar-refractivity contribution is 5.89. The van der Waals surface area contributed by atoms with Gasteiger partial charge in [-0.05, 0) is 49.6 Å². The first-order valence-electron chi connectivity index (χ1n) is 7.93. The zero-order valence-corrected chi connectivity index (χ0v) is 12.9. The molecule has 2 aromatic rings. The number of hydrogen-bond acceptors (Lipinski definition) is 4. The third-order valence-electron chi connectivity index (χ3n) is 3.72. The minimum absolute atomic E-state index is 0.0245. The first-order chi connectivity index (χ1) is 11.3. The largest absolute Gasteiger partial charge is 0.459 e. The molecule has 120 valence electrons. The van der Waals surface area contributed by atoms with Gasteiger partial charge in [0.25, 0.3) is 0 Å². The van der Waals surface area contributed by atoms with E-state index >= 15 is 0 Å². The molecule has 3 rings (SSSR count). The molecular formula is C19H20O4. The van der Waals surface area contributed by atoms with Crippen molar-refractivity contribution >= 4 is 5.97 Å². The Kier molecular flexibility index (Phi) is 5.27. The Morgan fingerprint density at radius 2 is 1.87 bits per heavy atom. The van der Waals surface area contributed by atoms with E-state index in [0.29, 0.717) is 17.9 Å². The molecule has 0 aromatic heterocycles. The molecule has 2 aromatic carbocycles. The molecule has 1 aliphatic rings. The van der Waals surface area contributed by atoms with Crippen molar-refractivity contribution in [3.05, 3.63) is 60.2 Å². The lowest BCUT2D eigenvalue weighted by Gasteiger charge is -2.22. The van der Waals surface area contributed by atoms with E-state index in [1.165, 1.54) is 0 Å². The number of hydrogen-bond donors (Lipinski definition) is 0. The summed E-state index contributed by atoms with van der Waals surface area (Å²) in [6, 6.07) is 16.5. The van der Waals surface area contributed by atoms with Gasteiger partial charge in [-0.2, -0.15) is 0 Å². The van der Waals surface area contributed by atoms with Crippen LogP contribution in [0.25, 0.3) is 0 Å². The number of rotatable bonds is 5. The fraction of sp³-hybridized carbons (Fsp3) is 0.316. The summed E-state index contributed by atoms with van der Waals surface area (Å²) in [7, 11) is 0. The molecule has 0 bridgehead atoms. The fourth-order valence-corrected chi connectivity index (χ4v) is 2.50. The molecule has 0 amide bonds. The van der Waals surface area contributed by atoms with E-state index in [1.807, 2.05) is 36.4 Å². The SMILES string of the molecule is O=C(OC[C@H]1CCCCO1)c1cccc(Oc2ccccc2)c1. The minimum Gasteiger partial charge on any atom is -0.459 e. The van der Waals surface area contributed by atoms with Gasteiger partial charge in [-0.1, -0.05) is 24.3 Å². The second-order valence-electron chi connectivity index (χ2n) is 5.53. The average molecular weight is 312 g/mol. The van der Waals surface area contributed by atoms with Gasteiger partial charge >= 0.3 is 5.97 Å². The van der Waals surface area contributed by atoms with E-state index in [2.05, 4.69) is 0 Å². The Balaban J connectivity index is 1.58. The van der Waals surface area contributed by atoms with E-state index < -0.39 is 0 Å². The Morgan fingerprint density at radius 1 is 1.04 bits per heavy atom. The van der Waals surface area contributed by atoms with Crippen molar-refractivity contribution in [2.24, 2.45) is 0 Å². The standard InChI is InChI=1S/C19H20O4/c20-19(22-14-18-10-4-5-12-21-18)15-7-6-11-17(13-15)23-16-8-2-1-3-9-16/h1-3,6-9,11,13,18H,4-5,10,12,14H2/t18-/m1/s1. The number of benzene rings is 2. The molecule has 4 heteroatoms. The van der Waals surface area contributed by atoms with Crippen LogP contribution < -0.4 is 4.74 Å². The average Bonchev–Trinajstić information content (AvgIpc) is 2.62. The van der Waals surface area contributed by atoms with Crippen molar-refractivity contribution in [3.63, 3.8) is 0 Å². The van der Waals surface area contributed by atoms with Crippen molar-refractivity contribution < 1.29 is 19.0 Å². The van der Waals surface area contributed by atoms with Gasteiger partial charge in [-0.3, -0.25) is 0 Å². The van der Waals surface area contributed by atoms with Crippen molar-refractivity contribution in [2.45, 2.75) is 25.4 Å². The highest BCUT2D eigenvalue weighted by Crippen LogP contribution is 2.22. The van der Waals surface area contributed by atoms with E-state index in [4.69, 9.17) is 14.2 Å². The molecule has 0 spiro atoms. The Labute approximate surface area is 136 Å². The van der Waals surface area contributed by atoms with Crippen LogP contribution >= 0.6 is 0 Å². The van der Waals surface area contributed by atoms with Crippen LogP contribution in [0.15, 0.2) is 54.6 Å². The Bertz CT molecular complexity index is 633. The molecule has 0 N–H and O–H groups in total. The monoisotopic (exact) mass is 312 g/mol. The molecule has 0 radical (unpaired) electrons.